The molecule has 0 saturated heterocycles. The van der Waals surface area contributed by atoms with E-state index in [-0.39, 0.29) is 43.2 Å². The Morgan fingerprint density at radius 2 is 1.51 bits per heavy atom. The predicted octanol–water partition coefficient (Wildman–Crippen LogP) is 6.73. The van der Waals surface area contributed by atoms with Crippen LogP contribution in [0.1, 0.15) is 63.5 Å². The number of aromatic nitrogens is 1. The van der Waals surface area contributed by atoms with Gasteiger partial charge in [-0.15, -0.1) is 23.1 Å². The highest BCUT2D eigenvalue weighted by atomic mass is 32.2. The van der Waals surface area contributed by atoms with Crippen LogP contribution in [0.25, 0.3) is 0 Å². The van der Waals surface area contributed by atoms with Crippen molar-refractivity contribution in [2.24, 2.45) is 16.8 Å². The molecule has 1 aliphatic heterocycles. The van der Waals surface area contributed by atoms with Crippen LogP contribution in [0.4, 0.5) is 9.59 Å². The molecule has 1 aliphatic rings. The Morgan fingerprint density at radius 1 is 0.887 bits per heavy atom. The smallest absolute Gasteiger partial charge is 0.407 e. The highest BCUT2D eigenvalue weighted by Crippen LogP contribution is 2.31. The Balaban J connectivity index is 1.46. The molecule has 2 aromatic carbocycles. The summed E-state index contributed by atoms with van der Waals surface area (Å²) in [6, 6.07) is 18.1. The summed E-state index contributed by atoms with van der Waals surface area (Å²) in [5.41, 5.74) is 3.44. The minimum absolute atomic E-state index is 0.0359. The number of thioether (sulfide) groups is 1. The van der Waals surface area contributed by atoms with Crippen molar-refractivity contribution in [3.8, 4) is 0 Å². The van der Waals surface area contributed by atoms with Gasteiger partial charge in [0.15, 0.2) is 0 Å². The van der Waals surface area contributed by atoms with Crippen molar-refractivity contribution in [3.63, 3.8) is 0 Å². The van der Waals surface area contributed by atoms with Crippen molar-refractivity contribution in [1.29, 1.82) is 0 Å². The number of alkyl carbamates (subject to hydrolysis) is 1. The van der Waals surface area contributed by atoms with Gasteiger partial charge in [-0.05, 0) is 49.7 Å². The molecule has 1 aromatic heterocycles. The zero-order chi connectivity index (χ0) is 38.2. The maximum atomic E-state index is 14.1. The standard InChI is InChI=1S/C40H56N6O5S2/c1-28(2)22-50-24-35(44-38(48)46(6)25-40(5)26-52-37(45-40)29(3)4)36(47)42-32(19-30-13-9-7-10-14-30)17-18-33(20-31-15-11-8-12-16-31)43-39(49)51-23-34-21-41-27-53-34/h7-16,21,27-29,32-33,35H,17-20,22-26H2,1-6H3,(H,42,47)(H,43,49)(H,44,48). The van der Waals surface area contributed by atoms with Gasteiger partial charge in [0.05, 0.1) is 27.6 Å². The van der Waals surface area contributed by atoms with Crippen LogP contribution >= 0.6 is 23.1 Å². The lowest BCUT2D eigenvalue weighted by atomic mass is 9.96. The second-order valence-corrected chi connectivity index (χ2v) is 16.7. The topological polar surface area (TPSA) is 134 Å². The Bertz CT molecular complexity index is 1590. The van der Waals surface area contributed by atoms with Crippen LogP contribution in [0.5, 0.6) is 0 Å². The molecule has 0 radical (unpaired) electrons. The van der Waals surface area contributed by atoms with Gasteiger partial charge in [0.25, 0.3) is 0 Å². The second kappa shape index (κ2) is 21.1. The number of nitrogens with one attached hydrogen (secondary N) is 3. The van der Waals surface area contributed by atoms with Gasteiger partial charge in [-0.2, -0.15) is 0 Å². The van der Waals surface area contributed by atoms with Crippen LogP contribution in [0.3, 0.4) is 0 Å². The van der Waals surface area contributed by atoms with Gasteiger partial charge in [0.1, 0.15) is 12.6 Å². The van der Waals surface area contributed by atoms with Crippen molar-refractivity contribution in [1.82, 2.24) is 25.8 Å². The molecule has 3 N–H and O–H groups in total. The third-order valence-electron chi connectivity index (χ3n) is 8.69. The van der Waals surface area contributed by atoms with E-state index in [4.69, 9.17) is 14.5 Å². The molecule has 2 heterocycles. The Kier molecular flexibility index (Phi) is 16.6. The summed E-state index contributed by atoms with van der Waals surface area (Å²) in [6.45, 7) is 11.4. The van der Waals surface area contributed by atoms with Crippen molar-refractivity contribution in [2.45, 2.75) is 90.6 Å². The van der Waals surface area contributed by atoms with Gasteiger partial charge < -0.3 is 30.3 Å². The maximum Gasteiger partial charge on any atom is 0.407 e. The second-order valence-electron chi connectivity index (χ2n) is 14.7. The zero-order valence-electron chi connectivity index (χ0n) is 31.9. The highest BCUT2D eigenvalue weighted by Gasteiger charge is 2.35. The van der Waals surface area contributed by atoms with Crippen LogP contribution in [0.2, 0.25) is 0 Å². The zero-order valence-corrected chi connectivity index (χ0v) is 33.5. The normalized spacial score (nSPS) is 17.2. The molecule has 0 spiro atoms. The van der Waals surface area contributed by atoms with Crippen molar-refractivity contribution >= 4 is 46.2 Å². The molecular weight excluding hydrogens is 709 g/mol. The number of benzene rings is 2. The lowest BCUT2D eigenvalue weighted by Crippen LogP contribution is -2.56. The molecule has 13 heteroatoms. The quantitative estimate of drug-likeness (QED) is 0.116. The molecular formula is C40H56N6O5S2. The van der Waals surface area contributed by atoms with E-state index in [1.165, 1.54) is 11.3 Å². The summed E-state index contributed by atoms with van der Waals surface area (Å²) >= 11 is 3.17. The number of carbonyl (C=O) groups is 3. The maximum absolute atomic E-state index is 14.1. The number of carbonyl (C=O) groups excluding carboxylic acids is 3. The fourth-order valence-corrected chi connectivity index (χ4v) is 7.73. The summed E-state index contributed by atoms with van der Waals surface area (Å²) in [7, 11) is 1.73. The van der Waals surface area contributed by atoms with Crippen LogP contribution in [0.15, 0.2) is 77.4 Å². The van der Waals surface area contributed by atoms with Crippen LogP contribution in [0, 0.1) is 11.8 Å². The lowest BCUT2D eigenvalue weighted by Gasteiger charge is -2.30. The fraction of sp³-hybridized carbons (Fsp3) is 0.525. The van der Waals surface area contributed by atoms with Gasteiger partial charge in [-0.1, -0.05) is 88.4 Å². The van der Waals surface area contributed by atoms with Crippen molar-refractivity contribution in [3.05, 3.63) is 88.4 Å². The first-order valence-electron chi connectivity index (χ1n) is 18.4. The SMILES string of the molecule is CC(C)COCC(NC(=O)N(C)CC1(C)CSC(C(C)C)=N1)C(=O)NC(CCC(Cc1ccccc1)NC(=O)OCc1cncs1)Cc1ccccc1. The summed E-state index contributed by atoms with van der Waals surface area (Å²) in [5.74, 6) is 1.07. The van der Waals surface area contributed by atoms with Gasteiger partial charge in [-0.3, -0.25) is 14.8 Å². The average molecular weight is 765 g/mol. The molecule has 3 aromatic rings. The Morgan fingerprint density at radius 3 is 2.06 bits per heavy atom. The predicted molar refractivity (Wildman–Crippen MR) is 214 cm³/mol. The van der Waals surface area contributed by atoms with Gasteiger partial charge in [-0.25, -0.2) is 9.59 Å². The summed E-state index contributed by atoms with van der Waals surface area (Å²) in [4.78, 5) is 52.0. The van der Waals surface area contributed by atoms with Gasteiger partial charge >= 0.3 is 12.1 Å². The van der Waals surface area contributed by atoms with Crippen LogP contribution < -0.4 is 16.0 Å². The number of aliphatic imine (C=N–C) groups is 1. The van der Waals surface area contributed by atoms with Crippen molar-refractivity contribution < 1.29 is 23.9 Å². The molecule has 53 heavy (non-hydrogen) atoms. The number of hydrogen-bond donors (Lipinski definition) is 3. The molecule has 4 unspecified atom stereocenters. The van der Waals surface area contributed by atoms with Crippen molar-refractivity contribution in [2.75, 3.05) is 32.6 Å². The summed E-state index contributed by atoms with van der Waals surface area (Å²) < 4.78 is 11.4. The molecule has 4 rings (SSSR count). The first kappa shape index (κ1) is 41.8. The van der Waals surface area contributed by atoms with E-state index in [0.29, 0.717) is 44.8 Å². The molecule has 0 bridgehead atoms. The molecule has 0 saturated carbocycles. The number of thiazole rings is 1. The number of urea groups is 1. The number of ether oxygens (including phenoxy) is 2. The average Bonchev–Trinajstić information content (AvgIpc) is 3.80. The third kappa shape index (κ3) is 14.8. The Labute approximate surface area is 323 Å². The van der Waals surface area contributed by atoms with E-state index in [1.807, 2.05) is 74.5 Å². The minimum Gasteiger partial charge on any atom is -0.444 e. The lowest BCUT2D eigenvalue weighted by molar-refractivity contribution is -0.125. The van der Waals surface area contributed by atoms with E-state index in [9.17, 15) is 14.4 Å². The number of amides is 4. The summed E-state index contributed by atoms with van der Waals surface area (Å²) in [5, 5.41) is 10.3. The number of rotatable bonds is 20. The first-order chi connectivity index (χ1) is 25.4. The number of hydrogen-bond acceptors (Lipinski definition) is 9. The van der Waals surface area contributed by atoms with Crippen LogP contribution in [-0.2, 0) is 33.7 Å². The van der Waals surface area contributed by atoms with E-state index in [0.717, 1.165) is 26.8 Å². The van der Waals surface area contributed by atoms with E-state index in [1.54, 1.807) is 35.4 Å². The fourth-order valence-electron chi connectivity index (χ4n) is 5.99. The monoisotopic (exact) mass is 764 g/mol. The molecule has 0 aliphatic carbocycles. The van der Waals surface area contributed by atoms with E-state index in [2.05, 4.69) is 41.7 Å². The molecule has 0 fully saturated rings. The minimum atomic E-state index is -0.914. The molecule has 11 nitrogen and oxygen atoms in total. The largest absolute Gasteiger partial charge is 0.444 e. The van der Waals surface area contributed by atoms with Gasteiger partial charge in [0, 0.05) is 50.2 Å². The molecule has 288 valence electrons. The first-order valence-corrected chi connectivity index (χ1v) is 20.3. The molecule has 4 amide bonds. The number of likely N-dealkylation sites (N-methyl/N-ethyl adjacent to an activating group) is 1. The summed E-state index contributed by atoms with van der Waals surface area (Å²) in [6.07, 6.45) is 3.47. The van der Waals surface area contributed by atoms with Crippen LogP contribution in [-0.4, -0.2) is 89.2 Å². The third-order valence-corrected chi connectivity index (χ3v) is 11.1. The molecule has 4 atom stereocenters. The van der Waals surface area contributed by atoms with E-state index < -0.39 is 17.7 Å². The van der Waals surface area contributed by atoms with E-state index >= 15 is 0 Å². The highest BCUT2D eigenvalue weighted by molar-refractivity contribution is 8.14. The number of nitrogens with zero attached hydrogens (tertiary/aromatic N) is 3. The van der Waals surface area contributed by atoms with Gasteiger partial charge in [0.2, 0.25) is 5.91 Å². The Hall–Kier alpha value is -3.94.